The first-order chi connectivity index (χ1) is 14.7. The van der Waals surface area contributed by atoms with Crippen molar-refractivity contribution in [3.63, 3.8) is 0 Å². The quantitative estimate of drug-likeness (QED) is 0.205. The van der Waals surface area contributed by atoms with Crippen LogP contribution in [0, 0.1) is 25.2 Å². The Morgan fingerprint density at radius 1 is 1.16 bits per heavy atom. The Hall–Kier alpha value is -3.50. The van der Waals surface area contributed by atoms with Crippen LogP contribution in [0.5, 0.6) is 17.2 Å². The molecule has 0 aliphatic heterocycles. The molecular weight excluding hydrogens is 420 g/mol. The Morgan fingerprint density at radius 2 is 1.84 bits per heavy atom. The number of nitriles is 1. The van der Waals surface area contributed by atoms with Crippen molar-refractivity contribution in [3.8, 4) is 23.3 Å². The zero-order valence-electron chi connectivity index (χ0n) is 17.5. The fourth-order valence-electron chi connectivity index (χ4n) is 2.75. The third kappa shape index (κ3) is 6.76. The summed E-state index contributed by atoms with van der Waals surface area (Å²) < 4.78 is 16.3. The number of carbonyl (C=O) groups excluding carboxylic acids is 2. The Labute approximate surface area is 186 Å². The molecule has 2 aromatic carbocycles. The number of ether oxygens (including phenoxy) is 3. The van der Waals surface area contributed by atoms with Crippen LogP contribution in [-0.2, 0) is 9.59 Å². The van der Waals surface area contributed by atoms with E-state index in [1.165, 1.54) is 25.3 Å². The molecule has 8 heteroatoms. The van der Waals surface area contributed by atoms with Crippen LogP contribution < -0.4 is 19.9 Å². The summed E-state index contributed by atoms with van der Waals surface area (Å²) in [6, 6.07) is 10.1. The lowest BCUT2D eigenvalue weighted by Crippen LogP contribution is -2.12. The summed E-state index contributed by atoms with van der Waals surface area (Å²) in [6.45, 7) is 4.16. The van der Waals surface area contributed by atoms with E-state index in [9.17, 15) is 9.59 Å². The van der Waals surface area contributed by atoms with E-state index in [2.05, 4.69) is 0 Å². The standard InChI is InChI=1S/C23H23ClN2O5/c1-14-9-18(10-15(2)22(14)24)30-8-4-5-21(27)31-19-7-6-16(12-20(19)29-3)11-17(13-25)23(26)28/h6-7,9-12H,4-5,8H2,1-3H3,(H2,26,28)/b17-11+. The normalized spacial score (nSPS) is 10.9. The third-order valence-electron chi connectivity index (χ3n) is 4.31. The fraction of sp³-hybridized carbons (Fsp3) is 0.261. The van der Waals surface area contributed by atoms with E-state index in [1.807, 2.05) is 26.0 Å². The van der Waals surface area contributed by atoms with Crippen molar-refractivity contribution in [2.75, 3.05) is 13.7 Å². The summed E-state index contributed by atoms with van der Waals surface area (Å²) in [5.74, 6) is -0.0586. The number of nitrogens with zero attached hydrogens (tertiary/aromatic N) is 1. The molecule has 0 fully saturated rings. The SMILES string of the molecule is COc1cc(/C=C(\C#N)C(N)=O)ccc1OC(=O)CCCOc1cc(C)c(Cl)c(C)c1. The van der Waals surface area contributed by atoms with Gasteiger partial charge >= 0.3 is 5.97 Å². The van der Waals surface area contributed by atoms with Gasteiger partial charge in [0.05, 0.1) is 13.7 Å². The van der Waals surface area contributed by atoms with Gasteiger partial charge in [0.2, 0.25) is 0 Å². The Balaban J connectivity index is 1.93. The molecule has 31 heavy (non-hydrogen) atoms. The molecule has 0 saturated carbocycles. The van der Waals surface area contributed by atoms with Crippen LogP contribution >= 0.6 is 11.6 Å². The van der Waals surface area contributed by atoms with E-state index in [0.717, 1.165) is 11.1 Å². The Kier molecular flexibility index (Phi) is 8.47. The Morgan fingerprint density at radius 3 is 2.42 bits per heavy atom. The Bertz CT molecular complexity index is 1030. The van der Waals surface area contributed by atoms with Gasteiger partial charge in [-0.25, -0.2) is 0 Å². The molecule has 162 valence electrons. The number of nitrogens with two attached hydrogens (primary N) is 1. The number of carbonyl (C=O) groups is 2. The van der Waals surface area contributed by atoms with Crippen LogP contribution in [0.4, 0.5) is 0 Å². The molecular formula is C23H23ClN2O5. The van der Waals surface area contributed by atoms with Gasteiger partial charge in [0.25, 0.3) is 5.91 Å². The summed E-state index contributed by atoms with van der Waals surface area (Å²) in [5, 5.41) is 9.65. The topological polar surface area (TPSA) is 112 Å². The number of halogens is 1. The first-order valence-electron chi connectivity index (χ1n) is 9.45. The largest absolute Gasteiger partial charge is 0.494 e. The lowest BCUT2D eigenvalue weighted by molar-refractivity contribution is -0.134. The van der Waals surface area contributed by atoms with E-state index < -0.39 is 11.9 Å². The highest BCUT2D eigenvalue weighted by molar-refractivity contribution is 6.32. The van der Waals surface area contributed by atoms with E-state index in [1.54, 1.807) is 12.1 Å². The van der Waals surface area contributed by atoms with Gasteiger partial charge in [-0.1, -0.05) is 17.7 Å². The maximum absolute atomic E-state index is 12.2. The predicted molar refractivity (Wildman–Crippen MR) is 117 cm³/mol. The maximum atomic E-state index is 12.2. The van der Waals surface area contributed by atoms with Gasteiger partial charge < -0.3 is 19.9 Å². The smallest absolute Gasteiger partial charge is 0.311 e. The van der Waals surface area contributed by atoms with Crippen LogP contribution in [0.2, 0.25) is 5.02 Å². The number of esters is 1. The molecule has 0 aromatic heterocycles. The number of aryl methyl sites for hydroxylation is 2. The minimum absolute atomic E-state index is 0.149. The number of amides is 1. The van der Waals surface area contributed by atoms with Crippen molar-refractivity contribution in [2.45, 2.75) is 26.7 Å². The van der Waals surface area contributed by atoms with E-state index >= 15 is 0 Å². The number of hydrogen-bond donors (Lipinski definition) is 1. The fourth-order valence-corrected chi connectivity index (χ4v) is 2.86. The second-order valence-corrected chi connectivity index (χ2v) is 7.12. The van der Waals surface area contributed by atoms with Crippen LogP contribution in [0.25, 0.3) is 6.08 Å². The lowest BCUT2D eigenvalue weighted by atomic mass is 10.1. The molecule has 2 aromatic rings. The lowest BCUT2D eigenvalue weighted by Gasteiger charge is -2.11. The van der Waals surface area contributed by atoms with Gasteiger partial charge in [-0.05, 0) is 67.3 Å². The van der Waals surface area contributed by atoms with Gasteiger partial charge in [-0.3, -0.25) is 9.59 Å². The molecule has 0 heterocycles. The molecule has 0 atom stereocenters. The number of methoxy groups -OCH3 is 1. The summed E-state index contributed by atoms with van der Waals surface area (Å²) in [7, 11) is 1.42. The molecule has 2 N–H and O–H groups in total. The summed E-state index contributed by atoms with van der Waals surface area (Å²) in [6.07, 6.45) is 1.94. The highest BCUT2D eigenvalue weighted by Gasteiger charge is 2.12. The van der Waals surface area contributed by atoms with Gasteiger partial charge in [0.15, 0.2) is 11.5 Å². The average molecular weight is 443 g/mol. The summed E-state index contributed by atoms with van der Waals surface area (Å²) in [5.41, 5.74) is 7.30. The third-order valence-corrected chi connectivity index (χ3v) is 4.91. The first-order valence-corrected chi connectivity index (χ1v) is 9.82. The maximum Gasteiger partial charge on any atom is 0.311 e. The number of primary amides is 1. The zero-order valence-corrected chi connectivity index (χ0v) is 18.3. The van der Waals surface area contributed by atoms with Crippen molar-refractivity contribution in [1.29, 1.82) is 5.26 Å². The molecule has 0 spiro atoms. The molecule has 0 bridgehead atoms. The molecule has 0 aliphatic carbocycles. The zero-order chi connectivity index (χ0) is 23.0. The highest BCUT2D eigenvalue weighted by atomic mass is 35.5. The van der Waals surface area contributed by atoms with Gasteiger partial charge in [0, 0.05) is 11.4 Å². The molecule has 2 rings (SSSR count). The molecule has 0 radical (unpaired) electrons. The van der Waals surface area contributed by atoms with E-state index in [4.69, 9.17) is 36.8 Å². The predicted octanol–water partition coefficient (Wildman–Crippen LogP) is 4.12. The highest BCUT2D eigenvalue weighted by Crippen LogP contribution is 2.29. The monoisotopic (exact) mass is 442 g/mol. The number of benzene rings is 2. The number of hydrogen-bond acceptors (Lipinski definition) is 6. The van der Waals surface area contributed by atoms with E-state index in [-0.39, 0.29) is 23.5 Å². The van der Waals surface area contributed by atoms with Crippen molar-refractivity contribution >= 4 is 29.6 Å². The van der Waals surface area contributed by atoms with Crippen molar-refractivity contribution in [1.82, 2.24) is 0 Å². The first kappa shape index (κ1) is 23.8. The van der Waals surface area contributed by atoms with Crippen LogP contribution in [0.3, 0.4) is 0 Å². The van der Waals surface area contributed by atoms with Crippen molar-refractivity contribution in [2.24, 2.45) is 5.73 Å². The second kappa shape index (κ2) is 11.0. The molecule has 0 saturated heterocycles. The van der Waals surface area contributed by atoms with Gasteiger partial charge in [0.1, 0.15) is 17.4 Å². The minimum atomic E-state index is -0.830. The van der Waals surface area contributed by atoms with Crippen molar-refractivity contribution < 1.29 is 23.8 Å². The second-order valence-electron chi connectivity index (χ2n) is 6.74. The molecule has 0 aliphatic rings. The summed E-state index contributed by atoms with van der Waals surface area (Å²) in [4.78, 5) is 23.4. The summed E-state index contributed by atoms with van der Waals surface area (Å²) >= 11 is 6.15. The van der Waals surface area contributed by atoms with Gasteiger partial charge in [-0.15, -0.1) is 0 Å². The molecule has 1 amide bonds. The van der Waals surface area contributed by atoms with Crippen LogP contribution in [-0.4, -0.2) is 25.6 Å². The van der Waals surface area contributed by atoms with Crippen LogP contribution in [0.1, 0.15) is 29.5 Å². The molecule has 0 unspecified atom stereocenters. The average Bonchev–Trinajstić information content (AvgIpc) is 2.73. The number of rotatable bonds is 9. The molecule has 7 nitrogen and oxygen atoms in total. The minimum Gasteiger partial charge on any atom is -0.494 e. The van der Waals surface area contributed by atoms with Crippen LogP contribution in [0.15, 0.2) is 35.9 Å². The van der Waals surface area contributed by atoms with Crippen molar-refractivity contribution in [3.05, 3.63) is 57.6 Å². The van der Waals surface area contributed by atoms with Gasteiger partial charge in [-0.2, -0.15) is 5.26 Å². The van der Waals surface area contributed by atoms with E-state index in [0.29, 0.717) is 29.4 Å².